The first kappa shape index (κ1) is 16.3. The van der Waals surface area contributed by atoms with Crippen molar-refractivity contribution in [3.63, 3.8) is 0 Å². The first-order valence-corrected chi connectivity index (χ1v) is 7.22. The van der Waals surface area contributed by atoms with Gasteiger partial charge in [-0.2, -0.15) is 5.26 Å². The summed E-state index contributed by atoms with van der Waals surface area (Å²) >= 11 is 0. The molecule has 110 valence electrons. The van der Waals surface area contributed by atoms with Gasteiger partial charge >= 0.3 is 0 Å². The standard InChI is InChI=1S/C15H24N4O/c1-4-19(5-2)8-6-7-12(3)18-15(20)14-9-13(10-16)11-17-14/h9,11-12,17H,4-8H2,1-3H3,(H,18,20)/t12-/m0/s1. The summed E-state index contributed by atoms with van der Waals surface area (Å²) in [6, 6.07) is 3.70. The molecule has 0 fully saturated rings. The Balaban J connectivity index is 2.33. The van der Waals surface area contributed by atoms with Crippen LogP contribution < -0.4 is 5.32 Å². The topological polar surface area (TPSA) is 71.9 Å². The predicted molar refractivity (Wildman–Crippen MR) is 79.5 cm³/mol. The lowest BCUT2D eigenvalue weighted by molar-refractivity contribution is 0.0933. The molecule has 0 aliphatic rings. The molecule has 2 N–H and O–H groups in total. The number of amides is 1. The van der Waals surface area contributed by atoms with Gasteiger partial charge in [0.1, 0.15) is 11.8 Å². The van der Waals surface area contributed by atoms with Crippen LogP contribution in [0.15, 0.2) is 12.3 Å². The molecule has 0 bridgehead atoms. The lowest BCUT2D eigenvalue weighted by Crippen LogP contribution is -2.33. The third-order valence-corrected chi connectivity index (χ3v) is 3.44. The van der Waals surface area contributed by atoms with Crippen LogP contribution in [0, 0.1) is 11.3 Å². The fourth-order valence-corrected chi connectivity index (χ4v) is 2.12. The Kier molecular flexibility index (Phi) is 6.82. The minimum atomic E-state index is -0.151. The molecular formula is C15H24N4O. The summed E-state index contributed by atoms with van der Waals surface area (Å²) in [5.41, 5.74) is 0.918. The number of nitriles is 1. The van der Waals surface area contributed by atoms with Gasteiger partial charge in [0.05, 0.1) is 5.56 Å². The van der Waals surface area contributed by atoms with E-state index in [1.165, 1.54) is 0 Å². The molecule has 1 rings (SSSR count). The second-order valence-electron chi connectivity index (χ2n) is 4.96. The van der Waals surface area contributed by atoms with E-state index in [1.54, 1.807) is 12.3 Å². The number of H-pyrrole nitrogens is 1. The third-order valence-electron chi connectivity index (χ3n) is 3.44. The molecule has 0 aliphatic carbocycles. The minimum Gasteiger partial charge on any atom is -0.356 e. The molecule has 1 aromatic rings. The van der Waals surface area contributed by atoms with Crippen LogP contribution in [0.3, 0.4) is 0 Å². The van der Waals surface area contributed by atoms with E-state index < -0.39 is 0 Å². The van der Waals surface area contributed by atoms with Crippen molar-refractivity contribution in [2.45, 2.75) is 39.7 Å². The highest BCUT2D eigenvalue weighted by Gasteiger charge is 2.12. The van der Waals surface area contributed by atoms with Gasteiger partial charge in [0.25, 0.3) is 5.91 Å². The minimum absolute atomic E-state index is 0.131. The maximum Gasteiger partial charge on any atom is 0.267 e. The van der Waals surface area contributed by atoms with Crippen LogP contribution in [-0.4, -0.2) is 41.5 Å². The highest BCUT2D eigenvalue weighted by Crippen LogP contribution is 2.04. The predicted octanol–water partition coefficient (Wildman–Crippen LogP) is 2.13. The SMILES string of the molecule is CCN(CC)CCC[C@H](C)NC(=O)c1cc(C#N)c[nH]1. The normalized spacial score (nSPS) is 12.2. The van der Waals surface area contributed by atoms with Gasteiger partial charge in [-0.1, -0.05) is 13.8 Å². The molecule has 20 heavy (non-hydrogen) atoms. The smallest absolute Gasteiger partial charge is 0.267 e. The lowest BCUT2D eigenvalue weighted by atomic mass is 10.1. The zero-order valence-electron chi connectivity index (χ0n) is 12.6. The number of rotatable bonds is 8. The Hall–Kier alpha value is -1.80. The highest BCUT2D eigenvalue weighted by atomic mass is 16.1. The number of nitrogens with zero attached hydrogens (tertiary/aromatic N) is 2. The van der Waals surface area contributed by atoms with E-state index in [4.69, 9.17) is 5.26 Å². The summed E-state index contributed by atoms with van der Waals surface area (Å²) in [7, 11) is 0. The molecule has 5 nitrogen and oxygen atoms in total. The van der Waals surface area contributed by atoms with E-state index in [2.05, 4.69) is 29.0 Å². The molecule has 0 saturated carbocycles. The van der Waals surface area contributed by atoms with Gasteiger partial charge in [-0.05, 0) is 45.5 Å². The van der Waals surface area contributed by atoms with E-state index >= 15 is 0 Å². The number of carbonyl (C=O) groups is 1. The second kappa shape index (κ2) is 8.39. The van der Waals surface area contributed by atoms with Gasteiger partial charge in [0, 0.05) is 12.2 Å². The molecule has 0 spiro atoms. The largest absolute Gasteiger partial charge is 0.356 e. The maximum absolute atomic E-state index is 11.9. The van der Waals surface area contributed by atoms with Crippen LogP contribution >= 0.6 is 0 Å². The van der Waals surface area contributed by atoms with Gasteiger partial charge in [-0.3, -0.25) is 4.79 Å². The van der Waals surface area contributed by atoms with Gasteiger partial charge in [0.2, 0.25) is 0 Å². The number of aromatic nitrogens is 1. The highest BCUT2D eigenvalue weighted by molar-refractivity contribution is 5.92. The average Bonchev–Trinajstić information content (AvgIpc) is 2.92. The van der Waals surface area contributed by atoms with Crippen molar-refractivity contribution in [3.05, 3.63) is 23.5 Å². The number of hydrogen-bond donors (Lipinski definition) is 2. The molecule has 0 unspecified atom stereocenters. The van der Waals surface area contributed by atoms with Gasteiger partial charge in [-0.15, -0.1) is 0 Å². The van der Waals surface area contributed by atoms with E-state index in [0.29, 0.717) is 11.3 Å². The zero-order valence-corrected chi connectivity index (χ0v) is 12.6. The molecular weight excluding hydrogens is 252 g/mol. The number of nitrogens with one attached hydrogen (secondary N) is 2. The van der Waals surface area contributed by atoms with Crippen molar-refractivity contribution in [1.82, 2.24) is 15.2 Å². The molecule has 0 aliphatic heterocycles. The Morgan fingerprint density at radius 3 is 2.75 bits per heavy atom. The van der Waals surface area contributed by atoms with Crippen LogP contribution in [0.2, 0.25) is 0 Å². The molecule has 0 saturated heterocycles. The van der Waals surface area contributed by atoms with Crippen LogP contribution in [0.5, 0.6) is 0 Å². The van der Waals surface area contributed by atoms with Crippen LogP contribution in [0.1, 0.15) is 49.7 Å². The maximum atomic E-state index is 11.9. The van der Waals surface area contributed by atoms with E-state index in [0.717, 1.165) is 32.5 Å². The Bertz CT molecular complexity index is 457. The number of aromatic amines is 1. The monoisotopic (exact) mass is 276 g/mol. The quantitative estimate of drug-likeness (QED) is 0.764. The van der Waals surface area contributed by atoms with Gasteiger partial charge < -0.3 is 15.2 Å². The molecule has 1 heterocycles. The second-order valence-corrected chi connectivity index (χ2v) is 4.96. The van der Waals surface area contributed by atoms with Crippen molar-refractivity contribution in [2.24, 2.45) is 0 Å². The van der Waals surface area contributed by atoms with Crippen molar-refractivity contribution in [1.29, 1.82) is 5.26 Å². The lowest BCUT2D eigenvalue weighted by Gasteiger charge is -2.19. The zero-order chi connectivity index (χ0) is 15.0. The fourth-order valence-electron chi connectivity index (χ4n) is 2.12. The summed E-state index contributed by atoms with van der Waals surface area (Å²) in [6.45, 7) is 9.52. The van der Waals surface area contributed by atoms with Crippen molar-refractivity contribution >= 4 is 5.91 Å². The molecule has 0 aromatic carbocycles. The number of carbonyl (C=O) groups excluding carboxylic acids is 1. The summed E-state index contributed by atoms with van der Waals surface area (Å²) in [4.78, 5) is 17.1. The Morgan fingerprint density at radius 2 is 2.20 bits per heavy atom. The summed E-state index contributed by atoms with van der Waals surface area (Å²) in [6.07, 6.45) is 3.56. The van der Waals surface area contributed by atoms with Crippen LogP contribution in [0.4, 0.5) is 0 Å². The summed E-state index contributed by atoms with van der Waals surface area (Å²) in [5.74, 6) is -0.151. The molecule has 1 aromatic heterocycles. The van der Waals surface area contributed by atoms with E-state index in [-0.39, 0.29) is 11.9 Å². The summed E-state index contributed by atoms with van der Waals surface area (Å²) < 4.78 is 0. The first-order valence-electron chi connectivity index (χ1n) is 7.22. The molecule has 1 amide bonds. The Labute approximate surface area is 121 Å². The van der Waals surface area contributed by atoms with Crippen molar-refractivity contribution in [2.75, 3.05) is 19.6 Å². The van der Waals surface area contributed by atoms with Crippen molar-refractivity contribution in [3.8, 4) is 6.07 Å². The third kappa shape index (κ3) is 5.06. The van der Waals surface area contributed by atoms with Crippen LogP contribution in [-0.2, 0) is 0 Å². The van der Waals surface area contributed by atoms with Gasteiger partial charge in [0.15, 0.2) is 0 Å². The van der Waals surface area contributed by atoms with Crippen molar-refractivity contribution < 1.29 is 4.79 Å². The summed E-state index contributed by atoms with van der Waals surface area (Å²) in [5, 5.41) is 11.7. The Morgan fingerprint density at radius 1 is 1.50 bits per heavy atom. The van der Waals surface area contributed by atoms with E-state index in [1.807, 2.05) is 13.0 Å². The van der Waals surface area contributed by atoms with Gasteiger partial charge in [-0.25, -0.2) is 0 Å². The fraction of sp³-hybridized carbons (Fsp3) is 0.600. The van der Waals surface area contributed by atoms with Crippen LogP contribution in [0.25, 0.3) is 0 Å². The average molecular weight is 276 g/mol. The molecule has 5 heteroatoms. The van der Waals surface area contributed by atoms with E-state index in [9.17, 15) is 4.79 Å². The molecule has 1 atom stereocenters. The molecule has 0 radical (unpaired) electrons. The number of hydrogen-bond acceptors (Lipinski definition) is 3. The first-order chi connectivity index (χ1) is 9.60.